The molecule has 19 heavy (non-hydrogen) atoms. The van der Waals surface area contributed by atoms with Crippen LogP contribution in [0.3, 0.4) is 0 Å². The molecule has 0 bridgehead atoms. The first-order chi connectivity index (χ1) is 9.28. The Morgan fingerprint density at radius 3 is 2.79 bits per heavy atom. The highest BCUT2D eigenvalue weighted by Gasteiger charge is 2.05. The van der Waals surface area contributed by atoms with Crippen LogP contribution in [0.25, 0.3) is 0 Å². The molecule has 0 fully saturated rings. The van der Waals surface area contributed by atoms with Crippen LogP contribution in [-0.2, 0) is 4.79 Å². The molecule has 1 amide bonds. The van der Waals surface area contributed by atoms with E-state index in [1.807, 2.05) is 0 Å². The molecule has 0 spiro atoms. The Morgan fingerprint density at radius 2 is 2.05 bits per heavy atom. The number of carbonyl (C=O) groups excluding carboxylic acids is 1. The molecule has 6 heteroatoms. The predicted molar refractivity (Wildman–Crippen MR) is 69.2 cm³/mol. The van der Waals surface area contributed by atoms with Crippen LogP contribution in [0.15, 0.2) is 42.7 Å². The highest BCUT2D eigenvalue weighted by atomic mass is 16.5. The molecule has 0 aliphatic rings. The molecule has 2 aromatic rings. The molecule has 0 atom stereocenters. The predicted octanol–water partition coefficient (Wildman–Crippen LogP) is 1.50. The summed E-state index contributed by atoms with van der Waals surface area (Å²) in [4.78, 5) is 19.4. The van der Waals surface area contributed by atoms with Crippen LogP contribution in [0.5, 0.6) is 11.8 Å². The van der Waals surface area contributed by atoms with Crippen LogP contribution < -0.4 is 14.8 Å². The summed E-state index contributed by atoms with van der Waals surface area (Å²) < 4.78 is 10.2. The van der Waals surface area contributed by atoms with Gasteiger partial charge in [-0.05, 0) is 18.2 Å². The summed E-state index contributed by atoms with van der Waals surface area (Å²) in [5, 5.41) is 2.69. The van der Waals surface area contributed by atoms with Crippen LogP contribution in [0.4, 0.5) is 5.69 Å². The average molecular weight is 259 g/mol. The SMILES string of the molecule is COc1cccc(NC(=O)COc2ncccn2)c1. The van der Waals surface area contributed by atoms with Crippen LogP contribution in [0.2, 0.25) is 0 Å². The van der Waals surface area contributed by atoms with Crippen molar-refractivity contribution in [2.45, 2.75) is 0 Å². The number of anilines is 1. The summed E-state index contributed by atoms with van der Waals surface area (Å²) in [6.07, 6.45) is 3.09. The summed E-state index contributed by atoms with van der Waals surface area (Å²) in [5.74, 6) is 0.380. The van der Waals surface area contributed by atoms with Gasteiger partial charge in [0.15, 0.2) is 6.61 Å². The molecule has 2 rings (SSSR count). The maximum Gasteiger partial charge on any atom is 0.316 e. The van der Waals surface area contributed by atoms with Crippen molar-refractivity contribution >= 4 is 11.6 Å². The van der Waals surface area contributed by atoms with E-state index in [1.165, 1.54) is 0 Å². The zero-order valence-electron chi connectivity index (χ0n) is 10.4. The minimum atomic E-state index is -0.291. The Morgan fingerprint density at radius 1 is 1.26 bits per heavy atom. The molecule has 0 saturated heterocycles. The van der Waals surface area contributed by atoms with E-state index >= 15 is 0 Å². The van der Waals surface area contributed by atoms with Crippen molar-refractivity contribution in [1.29, 1.82) is 0 Å². The fourth-order valence-corrected chi connectivity index (χ4v) is 1.39. The Kier molecular flexibility index (Phi) is 4.28. The number of carbonyl (C=O) groups is 1. The molecular weight excluding hydrogens is 246 g/mol. The van der Waals surface area contributed by atoms with Crippen LogP contribution in [-0.4, -0.2) is 29.6 Å². The van der Waals surface area contributed by atoms with E-state index < -0.39 is 0 Å². The van der Waals surface area contributed by atoms with Gasteiger partial charge in [0.25, 0.3) is 5.91 Å². The van der Waals surface area contributed by atoms with Crippen molar-refractivity contribution in [2.75, 3.05) is 19.0 Å². The van der Waals surface area contributed by atoms with Gasteiger partial charge in [-0.15, -0.1) is 0 Å². The van der Waals surface area contributed by atoms with Crippen molar-refractivity contribution in [3.8, 4) is 11.8 Å². The van der Waals surface area contributed by atoms with Gasteiger partial charge in [0.2, 0.25) is 0 Å². The number of rotatable bonds is 5. The van der Waals surface area contributed by atoms with Gasteiger partial charge >= 0.3 is 6.01 Å². The Bertz CT molecular complexity index is 546. The Labute approximate surface area is 110 Å². The van der Waals surface area contributed by atoms with E-state index in [0.717, 1.165) is 0 Å². The average Bonchev–Trinajstić information content (AvgIpc) is 2.46. The van der Waals surface area contributed by atoms with Crippen LogP contribution >= 0.6 is 0 Å². The van der Waals surface area contributed by atoms with Gasteiger partial charge in [-0.3, -0.25) is 4.79 Å². The van der Waals surface area contributed by atoms with Crippen molar-refractivity contribution in [1.82, 2.24) is 9.97 Å². The smallest absolute Gasteiger partial charge is 0.316 e. The molecule has 98 valence electrons. The summed E-state index contributed by atoms with van der Waals surface area (Å²) in [5.41, 5.74) is 0.641. The van der Waals surface area contributed by atoms with E-state index in [2.05, 4.69) is 15.3 Å². The third-order valence-electron chi connectivity index (χ3n) is 2.23. The minimum absolute atomic E-state index is 0.152. The maximum atomic E-state index is 11.7. The first kappa shape index (κ1) is 12.8. The van der Waals surface area contributed by atoms with Crippen molar-refractivity contribution in [3.63, 3.8) is 0 Å². The lowest BCUT2D eigenvalue weighted by molar-refractivity contribution is -0.118. The molecule has 0 saturated carbocycles. The second-order valence-corrected chi connectivity index (χ2v) is 3.60. The number of hydrogen-bond acceptors (Lipinski definition) is 5. The van der Waals surface area contributed by atoms with E-state index in [1.54, 1.807) is 49.8 Å². The van der Waals surface area contributed by atoms with Crippen LogP contribution in [0.1, 0.15) is 0 Å². The molecule has 1 aromatic carbocycles. The Balaban J connectivity index is 1.87. The third kappa shape index (κ3) is 3.95. The molecule has 0 unspecified atom stereocenters. The normalized spacial score (nSPS) is 9.74. The number of benzene rings is 1. The molecular formula is C13H13N3O3. The van der Waals surface area contributed by atoms with Crippen LogP contribution in [0, 0.1) is 0 Å². The zero-order chi connectivity index (χ0) is 13.5. The molecule has 1 heterocycles. The first-order valence-electron chi connectivity index (χ1n) is 5.61. The third-order valence-corrected chi connectivity index (χ3v) is 2.23. The fourth-order valence-electron chi connectivity index (χ4n) is 1.39. The van der Waals surface area contributed by atoms with Crippen molar-refractivity contribution < 1.29 is 14.3 Å². The van der Waals surface area contributed by atoms with E-state index in [9.17, 15) is 4.79 Å². The van der Waals surface area contributed by atoms with Crippen molar-refractivity contribution in [3.05, 3.63) is 42.7 Å². The number of methoxy groups -OCH3 is 1. The standard InChI is InChI=1S/C13H13N3O3/c1-18-11-5-2-4-10(8-11)16-12(17)9-19-13-14-6-3-7-15-13/h2-8H,9H2,1H3,(H,16,17). The maximum absolute atomic E-state index is 11.7. The summed E-state index contributed by atoms with van der Waals surface area (Å²) >= 11 is 0. The lowest BCUT2D eigenvalue weighted by Crippen LogP contribution is -2.20. The van der Waals surface area contributed by atoms with E-state index in [0.29, 0.717) is 11.4 Å². The number of hydrogen-bond donors (Lipinski definition) is 1. The fraction of sp³-hybridized carbons (Fsp3) is 0.154. The number of aromatic nitrogens is 2. The number of amides is 1. The highest BCUT2D eigenvalue weighted by molar-refractivity contribution is 5.92. The minimum Gasteiger partial charge on any atom is -0.497 e. The number of nitrogens with zero attached hydrogens (tertiary/aromatic N) is 2. The Hall–Kier alpha value is -2.63. The quantitative estimate of drug-likeness (QED) is 0.880. The van der Waals surface area contributed by atoms with Gasteiger partial charge in [0.05, 0.1) is 7.11 Å². The number of ether oxygens (including phenoxy) is 2. The molecule has 1 N–H and O–H groups in total. The summed E-state index contributed by atoms with van der Waals surface area (Å²) in [6, 6.07) is 8.90. The van der Waals surface area contributed by atoms with Gasteiger partial charge in [-0.25, -0.2) is 9.97 Å². The van der Waals surface area contributed by atoms with E-state index in [4.69, 9.17) is 9.47 Å². The van der Waals surface area contributed by atoms with Crippen molar-refractivity contribution in [2.24, 2.45) is 0 Å². The lowest BCUT2D eigenvalue weighted by atomic mass is 10.3. The molecule has 6 nitrogen and oxygen atoms in total. The van der Waals surface area contributed by atoms with Gasteiger partial charge in [0, 0.05) is 24.1 Å². The second kappa shape index (κ2) is 6.34. The van der Waals surface area contributed by atoms with Gasteiger partial charge < -0.3 is 14.8 Å². The monoisotopic (exact) mass is 259 g/mol. The topological polar surface area (TPSA) is 73.3 Å². The molecule has 0 aliphatic heterocycles. The van der Waals surface area contributed by atoms with E-state index in [-0.39, 0.29) is 18.5 Å². The zero-order valence-corrected chi connectivity index (χ0v) is 10.4. The largest absolute Gasteiger partial charge is 0.497 e. The highest BCUT2D eigenvalue weighted by Crippen LogP contribution is 2.16. The molecule has 1 aromatic heterocycles. The van der Waals surface area contributed by atoms with Gasteiger partial charge in [-0.2, -0.15) is 0 Å². The summed E-state index contributed by atoms with van der Waals surface area (Å²) in [7, 11) is 1.57. The lowest BCUT2D eigenvalue weighted by Gasteiger charge is -2.07. The molecule has 0 aliphatic carbocycles. The second-order valence-electron chi connectivity index (χ2n) is 3.60. The van der Waals surface area contributed by atoms with Gasteiger partial charge in [0.1, 0.15) is 5.75 Å². The molecule has 0 radical (unpaired) electrons. The summed E-state index contributed by atoms with van der Waals surface area (Å²) in [6.45, 7) is -0.152. The first-order valence-corrected chi connectivity index (χ1v) is 5.61. The van der Waals surface area contributed by atoms with Gasteiger partial charge in [-0.1, -0.05) is 6.07 Å². The number of nitrogens with one attached hydrogen (secondary N) is 1.